The normalized spacial score (nSPS) is 11.4. The van der Waals surface area contributed by atoms with Crippen LogP contribution in [0, 0.1) is 5.92 Å². The van der Waals surface area contributed by atoms with E-state index in [2.05, 4.69) is 0 Å². The van der Waals surface area contributed by atoms with E-state index in [1.807, 2.05) is 57.2 Å². The van der Waals surface area contributed by atoms with Crippen molar-refractivity contribution in [1.82, 2.24) is 0 Å². The molecule has 0 heterocycles. The van der Waals surface area contributed by atoms with E-state index in [1.165, 1.54) is 6.92 Å². The van der Waals surface area contributed by atoms with Gasteiger partial charge in [0.2, 0.25) is 0 Å². The van der Waals surface area contributed by atoms with Gasteiger partial charge < -0.3 is 0 Å². The molecule has 0 aliphatic carbocycles. The minimum Gasteiger partial charge on any atom is -0.295 e. The van der Waals surface area contributed by atoms with Crippen molar-refractivity contribution in [2.75, 3.05) is 0 Å². The second kappa shape index (κ2) is 13.5. The molecule has 2 nitrogen and oxygen atoms in total. The maximum Gasteiger partial charge on any atom is 0.173 e. The monoisotopic (exact) mass is 398 g/mol. The van der Waals surface area contributed by atoms with Gasteiger partial charge in [0.05, 0.1) is 3.42 Å². The van der Waals surface area contributed by atoms with E-state index in [1.54, 1.807) is 26.0 Å². The Hall–Kier alpha value is -0.520. The molecule has 0 radical (unpaired) electrons. The van der Waals surface area contributed by atoms with E-state index in [0.717, 1.165) is 6.08 Å². The predicted octanol–water partition coefficient (Wildman–Crippen LogP) is 5.46. The lowest BCUT2D eigenvalue weighted by atomic mass is 10.1. The number of allylic oxidation sites excluding steroid dienone is 4. The largest absolute Gasteiger partial charge is 0.295 e. The van der Waals surface area contributed by atoms with E-state index in [4.69, 9.17) is 0 Å². The summed E-state index contributed by atoms with van der Waals surface area (Å²) < 4.78 is 11.6. The zero-order valence-corrected chi connectivity index (χ0v) is 16.0. The van der Waals surface area contributed by atoms with Crippen LogP contribution in [0.5, 0.6) is 0 Å². The summed E-state index contributed by atoms with van der Waals surface area (Å²) >= 11 is 1.98. The highest BCUT2D eigenvalue weighted by Crippen LogP contribution is 2.19. The number of rotatable bonds is 4. The fourth-order valence-corrected chi connectivity index (χ4v) is 0.865. The zero-order valence-electron chi connectivity index (χ0n) is 13.9. The molecule has 0 saturated heterocycles. The minimum atomic E-state index is -0.495. The molecule has 0 aromatic heterocycles. The quantitative estimate of drug-likeness (QED) is 0.358. The van der Waals surface area contributed by atoms with Gasteiger partial charge in [-0.2, -0.15) is 0 Å². The molecular formula is C16H28FIO2. The molecule has 0 aromatic rings. The number of carbonyl (C=O) groups excluding carboxylic acids is 2. The lowest BCUT2D eigenvalue weighted by Crippen LogP contribution is -2.21. The Bertz CT molecular complexity index is 333. The molecule has 0 N–H and O–H groups in total. The van der Waals surface area contributed by atoms with E-state index in [-0.39, 0.29) is 17.5 Å². The van der Waals surface area contributed by atoms with Crippen LogP contribution in [0.15, 0.2) is 24.1 Å². The van der Waals surface area contributed by atoms with Gasteiger partial charge in [0.15, 0.2) is 11.6 Å². The standard InChI is InChI=1S/C7H10FIO.C7H12O.C2H6/c1-5(8)4-6(10)7(2,3)9;1-4-5-7(8)6(2)3;1-2/h4H,1-3H3;4-6H,1-3H3;1-2H3/b5-4-;5-4+;. The Kier molecular flexibility index (Phi) is 16.5. The fraction of sp³-hybridized carbons (Fsp3) is 0.625. The third kappa shape index (κ3) is 17.5. The number of hydrogen-bond donors (Lipinski definition) is 0. The second-order valence-electron chi connectivity index (χ2n) is 4.62. The summed E-state index contributed by atoms with van der Waals surface area (Å²) in [5.74, 6) is -0.276. The molecule has 0 saturated carbocycles. The van der Waals surface area contributed by atoms with Crippen LogP contribution < -0.4 is 0 Å². The van der Waals surface area contributed by atoms with Gasteiger partial charge >= 0.3 is 0 Å². The average Bonchev–Trinajstić information content (AvgIpc) is 2.30. The maximum absolute atomic E-state index is 12.1. The molecule has 0 atom stereocenters. The lowest BCUT2D eigenvalue weighted by Gasteiger charge is -2.10. The van der Waals surface area contributed by atoms with Crippen molar-refractivity contribution >= 4 is 34.2 Å². The highest BCUT2D eigenvalue weighted by molar-refractivity contribution is 14.1. The van der Waals surface area contributed by atoms with Gasteiger partial charge in [-0.25, -0.2) is 4.39 Å². The first kappa shape index (κ1) is 24.5. The zero-order chi connectivity index (χ0) is 16.9. The first-order valence-corrected chi connectivity index (χ1v) is 7.84. The third-order valence-corrected chi connectivity index (χ3v) is 2.35. The number of hydrogen-bond acceptors (Lipinski definition) is 2. The second-order valence-corrected chi connectivity index (χ2v) is 7.32. The molecule has 0 unspecified atom stereocenters. The van der Waals surface area contributed by atoms with E-state index in [9.17, 15) is 14.0 Å². The van der Waals surface area contributed by atoms with Crippen LogP contribution in [0.3, 0.4) is 0 Å². The molecule has 118 valence electrons. The third-order valence-electron chi connectivity index (χ3n) is 1.82. The topological polar surface area (TPSA) is 34.1 Å². The molecule has 0 rings (SSSR count). The number of alkyl halides is 1. The molecule has 4 heteroatoms. The summed E-state index contributed by atoms with van der Waals surface area (Å²) in [6.45, 7) is 14.4. The molecule has 20 heavy (non-hydrogen) atoms. The minimum absolute atomic E-state index is 0.145. The van der Waals surface area contributed by atoms with Crippen LogP contribution in [0.1, 0.15) is 55.4 Å². The van der Waals surface area contributed by atoms with Crippen molar-refractivity contribution in [3.05, 3.63) is 24.1 Å². The van der Waals surface area contributed by atoms with E-state index < -0.39 is 9.25 Å². The van der Waals surface area contributed by atoms with Crippen molar-refractivity contribution in [3.8, 4) is 0 Å². The van der Waals surface area contributed by atoms with Crippen molar-refractivity contribution < 1.29 is 14.0 Å². The smallest absolute Gasteiger partial charge is 0.173 e. The van der Waals surface area contributed by atoms with Crippen LogP contribution in [-0.2, 0) is 9.59 Å². The van der Waals surface area contributed by atoms with Gasteiger partial charge in [-0.15, -0.1) is 0 Å². The summed E-state index contributed by atoms with van der Waals surface area (Å²) in [7, 11) is 0. The van der Waals surface area contributed by atoms with Crippen LogP contribution in [0.2, 0.25) is 0 Å². The first-order chi connectivity index (χ1) is 9.02. The molecule has 0 aliphatic rings. The van der Waals surface area contributed by atoms with Crippen molar-refractivity contribution in [2.24, 2.45) is 5.92 Å². The van der Waals surface area contributed by atoms with Gasteiger partial charge in [0.25, 0.3) is 0 Å². The maximum atomic E-state index is 12.1. The fourth-order valence-electron chi connectivity index (χ4n) is 0.709. The summed E-state index contributed by atoms with van der Waals surface area (Å²) in [6.07, 6.45) is 4.39. The van der Waals surface area contributed by atoms with Crippen LogP contribution in [0.25, 0.3) is 0 Å². The lowest BCUT2D eigenvalue weighted by molar-refractivity contribution is -0.117. The summed E-state index contributed by atoms with van der Waals surface area (Å²) in [6, 6.07) is 0. The van der Waals surface area contributed by atoms with Crippen LogP contribution in [-0.4, -0.2) is 15.0 Å². The van der Waals surface area contributed by atoms with E-state index in [0.29, 0.717) is 0 Å². The van der Waals surface area contributed by atoms with Gasteiger partial charge in [-0.05, 0) is 33.8 Å². The predicted molar refractivity (Wildman–Crippen MR) is 94.0 cm³/mol. The molecule has 0 aliphatic heterocycles. The Labute approximate surface area is 137 Å². The Morgan fingerprint density at radius 1 is 1.20 bits per heavy atom. The molecule has 0 spiro atoms. The number of ketones is 2. The molecule has 0 amide bonds. The number of carbonyl (C=O) groups is 2. The summed E-state index contributed by atoms with van der Waals surface area (Å²) in [5, 5.41) is 0. The van der Waals surface area contributed by atoms with Gasteiger partial charge in [-0.1, -0.05) is 56.4 Å². The molecule has 0 fully saturated rings. The Morgan fingerprint density at radius 3 is 1.70 bits per heavy atom. The summed E-state index contributed by atoms with van der Waals surface area (Å²) in [4.78, 5) is 21.6. The van der Waals surface area contributed by atoms with E-state index >= 15 is 0 Å². The molecule has 0 aromatic carbocycles. The Balaban J connectivity index is -0.000000262. The van der Waals surface area contributed by atoms with Gasteiger partial charge in [-0.3, -0.25) is 9.59 Å². The highest BCUT2D eigenvalue weighted by Gasteiger charge is 2.20. The van der Waals surface area contributed by atoms with Crippen molar-refractivity contribution in [2.45, 2.75) is 58.8 Å². The van der Waals surface area contributed by atoms with Crippen molar-refractivity contribution in [1.29, 1.82) is 0 Å². The Morgan fingerprint density at radius 2 is 1.60 bits per heavy atom. The average molecular weight is 398 g/mol. The van der Waals surface area contributed by atoms with Gasteiger partial charge in [0.1, 0.15) is 5.83 Å². The van der Waals surface area contributed by atoms with Crippen LogP contribution in [0.4, 0.5) is 4.39 Å². The molecular weight excluding hydrogens is 370 g/mol. The van der Waals surface area contributed by atoms with Crippen molar-refractivity contribution in [3.63, 3.8) is 0 Å². The molecule has 0 bridgehead atoms. The van der Waals surface area contributed by atoms with Crippen LogP contribution >= 0.6 is 22.6 Å². The van der Waals surface area contributed by atoms with Gasteiger partial charge in [0, 0.05) is 12.0 Å². The highest BCUT2D eigenvalue weighted by atomic mass is 127. The first-order valence-electron chi connectivity index (χ1n) is 6.76. The SMILES string of the molecule is C/C(F)=C/C(=O)C(C)(C)I.C/C=C/C(=O)C(C)C.CC. The summed E-state index contributed by atoms with van der Waals surface area (Å²) in [5.41, 5.74) is 0. The number of halogens is 2.